The van der Waals surface area contributed by atoms with Crippen LogP contribution in [0.1, 0.15) is 39.0 Å². The first-order valence-corrected chi connectivity index (χ1v) is 7.83. The van der Waals surface area contributed by atoms with E-state index in [1.54, 1.807) is 0 Å². The highest BCUT2D eigenvalue weighted by atomic mass is 16.5. The van der Waals surface area contributed by atoms with Crippen molar-refractivity contribution in [1.29, 1.82) is 0 Å². The molecule has 2 aliphatic rings. The second kappa shape index (κ2) is 7.02. The molecule has 1 saturated heterocycles. The Morgan fingerprint density at radius 1 is 1.26 bits per heavy atom. The number of fused-ring (bicyclic) bond motifs is 1. The lowest BCUT2D eigenvalue weighted by atomic mass is 10.0. The number of nitrogens with one attached hydrogen (secondary N) is 1. The third-order valence-electron chi connectivity index (χ3n) is 4.84. The third kappa shape index (κ3) is 4.15. The number of nitrogens with zero attached hydrogens (tertiary/aromatic N) is 1. The van der Waals surface area contributed by atoms with E-state index in [0.29, 0.717) is 0 Å². The number of aliphatic hydroxyl groups is 1. The highest BCUT2D eigenvalue weighted by Gasteiger charge is 2.42. The van der Waals surface area contributed by atoms with Gasteiger partial charge in [0.05, 0.1) is 6.61 Å². The summed E-state index contributed by atoms with van der Waals surface area (Å²) in [4.78, 5) is 2.30. The Bertz CT molecular complexity index is 259. The largest absolute Gasteiger partial charge is 0.380 e. The molecule has 0 aromatic carbocycles. The summed E-state index contributed by atoms with van der Waals surface area (Å²) in [6.07, 6.45) is 5.87. The maximum absolute atomic E-state index is 10.6. The molecule has 1 saturated carbocycles. The van der Waals surface area contributed by atoms with Crippen LogP contribution in [0.2, 0.25) is 0 Å². The Balaban J connectivity index is 1.64. The summed E-state index contributed by atoms with van der Waals surface area (Å²) in [7, 11) is 1.93. The van der Waals surface area contributed by atoms with Crippen molar-refractivity contribution < 1.29 is 9.84 Å². The van der Waals surface area contributed by atoms with E-state index in [2.05, 4.69) is 10.2 Å². The van der Waals surface area contributed by atoms with Crippen molar-refractivity contribution in [2.75, 3.05) is 39.9 Å². The molecular formula is C15H30N2O2. The quantitative estimate of drug-likeness (QED) is 0.655. The van der Waals surface area contributed by atoms with Crippen LogP contribution in [0.4, 0.5) is 0 Å². The fraction of sp³-hybridized carbons (Fsp3) is 1.00. The summed E-state index contributed by atoms with van der Waals surface area (Å²) >= 11 is 0. The zero-order valence-corrected chi connectivity index (χ0v) is 12.5. The normalized spacial score (nSPS) is 30.5. The average molecular weight is 270 g/mol. The van der Waals surface area contributed by atoms with Gasteiger partial charge in [-0.1, -0.05) is 6.42 Å². The van der Waals surface area contributed by atoms with Crippen molar-refractivity contribution in [3.8, 4) is 0 Å². The molecular weight excluding hydrogens is 240 g/mol. The first kappa shape index (κ1) is 15.2. The van der Waals surface area contributed by atoms with Gasteiger partial charge < -0.3 is 15.2 Å². The molecule has 4 nitrogen and oxygen atoms in total. The topological polar surface area (TPSA) is 44.7 Å². The van der Waals surface area contributed by atoms with E-state index in [4.69, 9.17) is 4.74 Å². The van der Waals surface area contributed by atoms with Crippen LogP contribution >= 0.6 is 0 Å². The third-order valence-corrected chi connectivity index (χ3v) is 4.84. The first-order valence-electron chi connectivity index (χ1n) is 7.83. The number of ether oxygens (including phenoxy) is 1. The van der Waals surface area contributed by atoms with Gasteiger partial charge in [-0.05, 0) is 51.5 Å². The van der Waals surface area contributed by atoms with E-state index in [1.165, 1.54) is 19.3 Å². The van der Waals surface area contributed by atoms with Crippen molar-refractivity contribution >= 4 is 0 Å². The van der Waals surface area contributed by atoms with Crippen molar-refractivity contribution in [2.24, 2.45) is 11.8 Å². The van der Waals surface area contributed by atoms with Crippen LogP contribution in [0.5, 0.6) is 0 Å². The number of rotatable bonds is 8. The highest BCUT2D eigenvalue weighted by Crippen LogP contribution is 2.40. The number of likely N-dealkylation sites (tertiary alicyclic amines) is 1. The lowest BCUT2D eigenvalue weighted by Crippen LogP contribution is -2.45. The van der Waals surface area contributed by atoms with Crippen molar-refractivity contribution in [1.82, 2.24) is 10.2 Å². The minimum atomic E-state index is -0.642. The van der Waals surface area contributed by atoms with Gasteiger partial charge in [-0.3, -0.25) is 4.90 Å². The average Bonchev–Trinajstić information content (AvgIpc) is 2.94. The molecule has 0 spiro atoms. The van der Waals surface area contributed by atoms with E-state index in [1.807, 2.05) is 14.0 Å². The van der Waals surface area contributed by atoms with Gasteiger partial charge in [0.2, 0.25) is 0 Å². The molecule has 1 aliphatic heterocycles. The lowest BCUT2D eigenvalue weighted by Gasteiger charge is -2.34. The molecule has 0 bridgehead atoms. The van der Waals surface area contributed by atoms with Gasteiger partial charge in [-0.25, -0.2) is 0 Å². The van der Waals surface area contributed by atoms with E-state index < -0.39 is 5.72 Å². The van der Waals surface area contributed by atoms with Crippen molar-refractivity contribution in [3.05, 3.63) is 0 Å². The molecule has 2 fully saturated rings. The standard InChI is InChI=1S/C15H30N2O2/c1-15(18,7-4-9-19-10-8-16-2)17-11-13-5-3-6-14(13)12-17/h13-14,16,18H,3-12H2,1-2H3. The van der Waals surface area contributed by atoms with Crippen molar-refractivity contribution in [3.63, 3.8) is 0 Å². The molecule has 112 valence electrons. The van der Waals surface area contributed by atoms with E-state index in [9.17, 15) is 5.11 Å². The summed E-state index contributed by atoms with van der Waals surface area (Å²) in [5.74, 6) is 1.69. The minimum Gasteiger partial charge on any atom is -0.380 e. The monoisotopic (exact) mass is 270 g/mol. The molecule has 1 heterocycles. The molecule has 19 heavy (non-hydrogen) atoms. The van der Waals surface area contributed by atoms with E-state index in [0.717, 1.165) is 57.5 Å². The van der Waals surface area contributed by atoms with Gasteiger partial charge in [0.15, 0.2) is 0 Å². The lowest BCUT2D eigenvalue weighted by molar-refractivity contribution is -0.0952. The van der Waals surface area contributed by atoms with Crippen LogP contribution in [-0.4, -0.2) is 55.6 Å². The van der Waals surface area contributed by atoms with Gasteiger partial charge in [0.25, 0.3) is 0 Å². The molecule has 2 N–H and O–H groups in total. The Hall–Kier alpha value is -0.160. The molecule has 0 aromatic rings. The summed E-state index contributed by atoms with van der Waals surface area (Å²) in [6.45, 7) is 6.56. The zero-order valence-electron chi connectivity index (χ0n) is 12.5. The Kier molecular flexibility index (Phi) is 5.63. The molecule has 0 radical (unpaired) electrons. The molecule has 4 heteroatoms. The molecule has 0 amide bonds. The Labute approximate surface area is 117 Å². The fourth-order valence-corrected chi connectivity index (χ4v) is 3.57. The van der Waals surface area contributed by atoms with Crippen LogP contribution in [0, 0.1) is 11.8 Å². The maximum atomic E-state index is 10.6. The summed E-state index contributed by atoms with van der Waals surface area (Å²) < 4.78 is 5.51. The number of hydrogen-bond donors (Lipinski definition) is 2. The Morgan fingerprint density at radius 3 is 2.58 bits per heavy atom. The predicted molar refractivity (Wildman–Crippen MR) is 77.0 cm³/mol. The van der Waals surface area contributed by atoms with Crippen LogP contribution in [0.3, 0.4) is 0 Å². The van der Waals surface area contributed by atoms with Crippen LogP contribution < -0.4 is 5.32 Å². The summed E-state index contributed by atoms with van der Waals surface area (Å²) in [5.41, 5.74) is -0.642. The van der Waals surface area contributed by atoms with E-state index in [-0.39, 0.29) is 0 Å². The molecule has 3 unspecified atom stereocenters. The van der Waals surface area contributed by atoms with Crippen molar-refractivity contribution in [2.45, 2.75) is 44.8 Å². The van der Waals surface area contributed by atoms with Crippen LogP contribution in [-0.2, 0) is 4.74 Å². The van der Waals surface area contributed by atoms with Gasteiger partial charge in [0.1, 0.15) is 5.72 Å². The van der Waals surface area contributed by atoms with Gasteiger partial charge in [-0.2, -0.15) is 0 Å². The first-order chi connectivity index (χ1) is 9.13. The summed E-state index contributed by atoms with van der Waals surface area (Å²) in [5, 5.41) is 13.7. The minimum absolute atomic E-state index is 0.642. The second-order valence-electron chi connectivity index (χ2n) is 6.39. The molecule has 0 aromatic heterocycles. The SMILES string of the molecule is CNCCOCCCC(C)(O)N1CC2CCCC2C1. The predicted octanol–water partition coefficient (Wildman–Crippen LogP) is 1.44. The van der Waals surface area contributed by atoms with E-state index >= 15 is 0 Å². The second-order valence-corrected chi connectivity index (χ2v) is 6.39. The van der Waals surface area contributed by atoms with Crippen LogP contribution in [0.25, 0.3) is 0 Å². The maximum Gasteiger partial charge on any atom is 0.115 e. The van der Waals surface area contributed by atoms with Crippen LogP contribution in [0.15, 0.2) is 0 Å². The van der Waals surface area contributed by atoms with Gasteiger partial charge >= 0.3 is 0 Å². The zero-order chi connectivity index (χ0) is 13.7. The smallest absolute Gasteiger partial charge is 0.115 e. The molecule has 3 atom stereocenters. The van der Waals surface area contributed by atoms with Gasteiger partial charge in [0, 0.05) is 26.2 Å². The number of hydrogen-bond acceptors (Lipinski definition) is 4. The number of likely N-dealkylation sites (N-methyl/N-ethyl adjacent to an activating group) is 1. The molecule has 2 rings (SSSR count). The molecule has 1 aliphatic carbocycles. The Morgan fingerprint density at radius 2 is 1.95 bits per heavy atom. The fourth-order valence-electron chi connectivity index (χ4n) is 3.57. The van der Waals surface area contributed by atoms with Gasteiger partial charge in [-0.15, -0.1) is 0 Å². The summed E-state index contributed by atoms with van der Waals surface area (Å²) in [6, 6.07) is 0. The highest BCUT2D eigenvalue weighted by molar-refractivity contribution is 4.92.